The first kappa shape index (κ1) is 24.2. The van der Waals surface area contributed by atoms with Gasteiger partial charge in [-0.15, -0.1) is 0 Å². The lowest BCUT2D eigenvalue weighted by molar-refractivity contribution is -0.161. The zero-order chi connectivity index (χ0) is 23.0. The van der Waals surface area contributed by atoms with E-state index in [9.17, 15) is 14.1 Å². The van der Waals surface area contributed by atoms with Gasteiger partial charge in [-0.05, 0) is 71.9 Å². The maximum Gasteiger partial charge on any atom is 0.254 e. The van der Waals surface area contributed by atoms with Gasteiger partial charge in [-0.3, -0.25) is 4.79 Å². The van der Waals surface area contributed by atoms with Crippen LogP contribution in [-0.4, -0.2) is 56.5 Å². The van der Waals surface area contributed by atoms with Crippen LogP contribution in [0.2, 0.25) is 0 Å². The number of carbonyl (C=O) groups is 1. The van der Waals surface area contributed by atoms with E-state index in [0.717, 1.165) is 24.0 Å². The molecule has 0 aromatic heterocycles. The van der Waals surface area contributed by atoms with Crippen molar-refractivity contribution >= 4 is 16.9 Å². The summed E-state index contributed by atoms with van der Waals surface area (Å²) in [6.07, 6.45) is 0.930. The number of phenolic OH excluding ortho intramolecular Hbond substituents is 1. The second-order valence-electron chi connectivity index (χ2n) is 10.0. The van der Waals surface area contributed by atoms with Crippen LogP contribution < -0.4 is 4.72 Å². The Morgan fingerprint density at radius 3 is 2.45 bits per heavy atom. The normalized spacial score (nSPS) is 24.2. The van der Waals surface area contributed by atoms with Crippen LogP contribution in [0.3, 0.4) is 0 Å². The Morgan fingerprint density at radius 1 is 1.29 bits per heavy atom. The highest BCUT2D eigenvalue weighted by Crippen LogP contribution is 2.37. The van der Waals surface area contributed by atoms with Crippen LogP contribution in [0.15, 0.2) is 18.2 Å². The summed E-state index contributed by atoms with van der Waals surface area (Å²) in [5, 5.41) is 10.6. The van der Waals surface area contributed by atoms with Crippen molar-refractivity contribution in [3.8, 4) is 5.75 Å². The maximum atomic E-state index is 12.9. The van der Waals surface area contributed by atoms with E-state index in [1.54, 1.807) is 6.07 Å². The fraction of sp³-hybridized carbons (Fsp3) is 0.696. The van der Waals surface area contributed by atoms with Crippen molar-refractivity contribution in [2.45, 2.75) is 77.1 Å². The van der Waals surface area contributed by atoms with E-state index in [-0.39, 0.29) is 30.2 Å². The molecule has 31 heavy (non-hydrogen) atoms. The number of likely N-dealkylation sites (tertiary alicyclic amines) is 1. The molecule has 1 aromatic carbocycles. The average molecular weight is 453 g/mol. The summed E-state index contributed by atoms with van der Waals surface area (Å²) in [5.74, 6) is -0.417. The lowest BCUT2D eigenvalue weighted by Crippen LogP contribution is -2.47. The standard InChI is InChI=1S/C23H36N2O5S/c1-15-7-8-17(18(26)13-15)20(24-31(28)22(2,3)4)16-9-11-25(12-10-16)21(27)19-14-29-23(5,6)30-19/h7-8,13,16,19-20,24,26H,9-12,14H2,1-6H3/t19-,20-,31+/m1/s1. The van der Waals surface area contributed by atoms with Crippen LogP contribution in [0.25, 0.3) is 0 Å². The third kappa shape index (κ3) is 5.86. The van der Waals surface area contributed by atoms with Crippen LogP contribution in [0.5, 0.6) is 5.75 Å². The highest BCUT2D eigenvalue weighted by atomic mass is 32.2. The molecule has 7 nitrogen and oxygen atoms in total. The summed E-state index contributed by atoms with van der Waals surface area (Å²) in [7, 11) is -1.29. The van der Waals surface area contributed by atoms with Crippen molar-refractivity contribution in [2.75, 3.05) is 19.7 Å². The van der Waals surface area contributed by atoms with Gasteiger partial charge in [0.05, 0.1) is 28.4 Å². The monoisotopic (exact) mass is 452 g/mol. The number of carbonyl (C=O) groups excluding carboxylic acids is 1. The maximum absolute atomic E-state index is 12.9. The Balaban J connectivity index is 1.72. The summed E-state index contributed by atoms with van der Waals surface area (Å²) >= 11 is 0. The van der Waals surface area contributed by atoms with Gasteiger partial charge in [0.2, 0.25) is 0 Å². The largest absolute Gasteiger partial charge is 0.508 e. The predicted octanol–water partition coefficient (Wildman–Crippen LogP) is 3.18. The molecule has 174 valence electrons. The van der Waals surface area contributed by atoms with E-state index in [1.165, 1.54) is 0 Å². The fourth-order valence-electron chi connectivity index (χ4n) is 4.09. The van der Waals surface area contributed by atoms with Crippen molar-refractivity contribution in [3.63, 3.8) is 0 Å². The molecule has 2 fully saturated rings. The number of rotatable bonds is 5. The van der Waals surface area contributed by atoms with Gasteiger partial charge in [0, 0.05) is 18.7 Å². The number of phenols is 1. The van der Waals surface area contributed by atoms with E-state index < -0.39 is 27.6 Å². The molecule has 2 saturated heterocycles. The molecular weight excluding hydrogens is 416 g/mol. The first-order valence-electron chi connectivity index (χ1n) is 11.0. The Kier molecular flexibility index (Phi) is 7.15. The van der Waals surface area contributed by atoms with Crippen LogP contribution in [-0.2, 0) is 25.3 Å². The van der Waals surface area contributed by atoms with Crippen molar-refractivity contribution in [3.05, 3.63) is 29.3 Å². The predicted molar refractivity (Wildman–Crippen MR) is 121 cm³/mol. The second kappa shape index (κ2) is 9.17. The van der Waals surface area contributed by atoms with Gasteiger partial charge in [-0.2, -0.15) is 0 Å². The molecule has 0 unspecified atom stereocenters. The second-order valence-corrected chi connectivity index (χ2v) is 12.0. The van der Waals surface area contributed by atoms with Gasteiger partial charge in [-0.1, -0.05) is 12.1 Å². The molecule has 1 amide bonds. The number of piperidine rings is 1. The third-order valence-corrected chi connectivity index (χ3v) is 7.50. The molecule has 0 radical (unpaired) electrons. The van der Waals surface area contributed by atoms with Gasteiger partial charge in [-0.25, -0.2) is 8.93 Å². The molecule has 0 saturated carbocycles. The molecule has 0 bridgehead atoms. The molecule has 0 spiro atoms. The molecule has 2 N–H and O–H groups in total. The van der Waals surface area contributed by atoms with E-state index in [4.69, 9.17) is 9.47 Å². The molecule has 3 atom stereocenters. The molecule has 1 aromatic rings. The van der Waals surface area contributed by atoms with E-state index in [2.05, 4.69) is 4.72 Å². The van der Waals surface area contributed by atoms with Gasteiger partial charge in [0.1, 0.15) is 5.75 Å². The first-order valence-corrected chi connectivity index (χ1v) is 12.1. The number of ether oxygens (including phenoxy) is 2. The lowest BCUT2D eigenvalue weighted by Gasteiger charge is -2.38. The average Bonchev–Trinajstić information content (AvgIpc) is 3.05. The Labute approximate surface area is 188 Å². The van der Waals surface area contributed by atoms with Crippen molar-refractivity contribution in [1.82, 2.24) is 9.62 Å². The molecule has 3 rings (SSSR count). The number of hydrogen-bond acceptors (Lipinski definition) is 5. The van der Waals surface area contributed by atoms with Crippen molar-refractivity contribution < 1.29 is 23.6 Å². The summed E-state index contributed by atoms with van der Waals surface area (Å²) < 4.78 is 27.0. The lowest BCUT2D eigenvalue weighted by atomic mass is 9.85. The fourth-order valence-corrected chi connectivity index (χ4v) is 4.99. The summed E-state index contributed by atoms with van der Waals surface area (Å²) in [5.41, 5.74) is 1.72. The minimum absolute atomic E-state index is 0.0371. The van der Waals surface area contributed by atoms with Crippen LogP contribution >= 0.6 is 0 Å². The van der Waals surface area contributed by atoms with Crippen molar-refractivity contribution in [2.24, 2.45) is 5.92 Å². The highest BCUT2D eigenvalue weighted by molar-refractivity contribution is 7.84. The van der Waals surface area contributed by atoms with Crippen LogP contribution in [0, 0.1) is 12.8 Å². The number of nitrogens with zero attached hydrogens (tertiary/aromatic N) is 1. The molecule has 2 aliphatic rings. The zero-order valence-corrected chi connectivity index (χ0v) is 20.3. The van der Waals surface area contributed by atoms with E-state index in [1.807, 2.05) is 58.6 Å². The Bertz CT molecular complexity index is 828. The molecule has 8 heteroatoms. The first-order chi connectivity index (χ1) is 14.4. The molecular formula is C23H36N2O5S. The smallest absolute Gasteiger partial charge is 0.254 e. The molecule has 2 aliphatic heterocycles. The van der Waals surface area contributed by atoms with E-state index in [0.29, 0.717) is 13.1 Å². The van der Waals surface area contributed by atoms with Gasteiger partial charge < -0.3 is 19.5 Å². The van der Waals surface area contributed by atoms with E-state index >= 15 is 0 Å². The summed E-state index contributed by atoms with van der Waals surface area (Å²) in [6, 6.07) is 5.34. The number of amides is 1. The van der Waals surface area contributed by atoms with Crippen molar-refractivity contribution in [1.29, 1.82) is 0 Å². The SMILES string of the molecule is Cc1ccc([C@H](N[S@@](=O)C(C)(C)C)C2CCN(C(=O)[C@H]3COC(C)(C)O3)CC2)c(O)c1. The topological polar surface area (TPSA) is 88.1 Å². The summed E-state index contributed by atoms with van der Waals surface area (Å²) in [4.78, 5) is 14.7. The highest BCUT2D eigenvalue weighted by Gasteiger charge is 2.40. The number of aromatic hydroxyl groups is 1. The van der Waals surface area contributed by atoms with Gasteiger partial charge >= 0.3 is 0 Å². The minimum Gasteiger partial charge on any atom is -0.508 e. The van der Waals surface area contributed by atoms with Crippen LogP contribution in [0.1, 0.15) is 64.6 Å². The Hall–Kier alpha value is -1.48. The quantitative estimate of drug-likeness (QED) is 0.716. The minimum atomic E-state index is -1.29. The van der Waals surface area contributed by atoms with Crippen LogP contribution in [0.4, 0.5) is 0 Å². The van der Waals surface area contributed by atoms with Gasteiger partial charge in [0.15, 0.2) is 11.9 Å². The Morgan fingerprint density at radius 2 is 1.94 bits per heavy atom. The number of nitrogens with one attached hydrogen (secondary N) is 1. The number of benzene rings is 1. The number of hydrogen-bond donors (Lipinski definition) is 2. The third-order valence-electron chi connectivity index (χ3n) is 5.92. The number of aryl methyl sites for hydroxylation is 1. The van der Waals surface area contributed by atoms with Gasteiger partial charge in [0.25, 0.3) is 5.91 Å². The molecule has 0 aliphatic carbocycles. The zero-order valence-electron chi connectivity index (χ0n) is 19.4. The molecule has 2 heterocycles. The summed E-state index contributed by atoms with van der Waals surface area (Å²) in [6.45, 7) is 12.8.